The number of hydrogen-bond acceptors (Lipinski definition) is 5. The molecule has 6 rings (SSSR count). The normalized spacial score (nSPS) is 19.9. The van der Waals surface area contributed by atoms with E-state index >= 15 is 0 Å². The van der Waals surface area contributed by atoms with Gasteiger partial charge in [0.2, 0.25) is 0 Å². The number of nitrogens with zero attached hydrogens (tertiary/aromatic N) is 5. The number of rotatable bonds is 3. The van der Waals surface area contributed by atoms with Gasteiger partial charge in [-0.15, -0.1) is 10.2 Å². The smallest absolute Gasteiger partial charge is 0.377 e. The van der Waals surface area contributed by atoms with Crippen molar-refractivity contribution in [1.82, 2.24) is 19.7 Å². The van der Waals surface area contributed by atoms with Crippen molar-refractivity contribution in [2.45, 2.75) is 49.7 Å². The molecule has 41 heavy (non-hydrogen) atoms. The lowest BCUT2D eigenvalue weighted by atomic mass is 9.93. The van der Waals surface area contributed by atoms with Crippen molar-refractivity contribution >= 4 is 17.3 Å². The summed E-state index contributed by atoms with van der Waals surface area (Å²) in [6.07, 6.45) is -9.08. The second-order valence-corrected chi connectivity index (χ2v) is 10.9. The highest BCUT2D eigenvalue weighted by Crippen LogP contribution is 2.45. The van der Waals surface area contributed by atoms with Gasteiger partial charge in [0.05, 0.1) is 31.1 Å². The summed E-state index contributed by atoms with van der Waals surface area (Å²) in [5, 5.41) is 8.92. The second-order valence-electron chi connectivity index (χ2n) is 10.5. The molecule has 0 saturated carbocycles. The summed E-state index contributed by atoms with van der Waals surface area (Å²) in [5.74, 6) is -2.87. The maximum atomic E-state index is 14.8. The molecule has 0 aliphatic carbocycles. The lowest BCUT2D eigenvalue weighted by Crippen LogP contribution is -2.69. The van der Waals surface area contributed by atoms with Crippen LogP contribution in [0, 0.1) is 11.6 Å². The van der Waals surface area contributed by atoms with E-state index in [0.717, 1.165) is 6.07 Å². The maximum Gasteiger partial charge on any atom is 0.422 e. The first-order chi connectivity index (χ1) is 19.3. The van der Waals surface area contributed by atoms with Gasteiger partial charge in [0.25, 0.3) is 0 Å². The SMILES string of the molecule is Fc1ccc(N2CCC(c3nnc4n3-c3ccc(Cl)cc3CN(C3(C(F)(F)F)COC3)C4)CC2)c(F)c1C(F)(F)F. The summed E-state index contributed by atoms with van der Waals surface area (Å²) in [4.78, 5) is 2.69. The average molecular weight is 608 g/mol. The van der Waals surface area contributed by atoms with E-state index in [2.05, 4.69) is 10.2 Å². The fourth-order valence-electron chi connectivity index (χ4n) is 5.84. The van der Waals surface area contributed by atoms with Gasteiger partial charge in [-0.2, -0.15) is 26.3 Å². The van der Waals surface area contributed by atoms with Crippen molar-refractivity contribution in [2.24, 2.45) is 0 Å². The molecule has 3 aromatic rings. The van der Waals surface area contributed by atoms with Crippen molar-refractivity contribution < 1.29 is 39.9 Å². The third-order valence-electron chi connectivity index (χ3n) is 8.10. The third kappa shape index (κ3) is 4.63. The Morgan fingerprint density at radius 1 is 0.902 bits per heavy atom. The molecule has 6 nitrogen and oxygen atoms in total. The highest BCUT2D eigenvalue weighted by atomic mass is 35.5. The Balaban J connectivity index is 1.31. The summed E-state index contributed by atoms with van der Waals surface area (Å²) in [5.41, 5.74) is -3.36. The van der Waals surface area contributed by atoms with Gasteiger partial charge in [-0.3, -0.25) is 9.47 Å². The summed E-state index contributed by atoms with van der Waals surface area (Å²) >= 11 is 6.22. The number of benzene rings is 2. The summed E-state index contributed by atoms with van der Waals surface area (Å²) in [6, 6.07) is 6.49. The molecule has 0 N–H and O–H groups in total. The van der Waals surface area contributed by atoms with Crippen molar-refractivity contribution in [3.63, 3.8) is 0 Å². The Labute approximate surface area is 233 Å². The number of hydrogen-bond donors (Lipinski definition) is 0. The number of alkyl halides is 6. The van der Waals surface area contributed by atoms with Crippen molar-refractivity contribution in [1.29, 1.82) is 0 Å². The van der Waals surface area contributed by atoms with E-state index in [1.807, 2.05) is 0 Å². The first-order valence-electron chi connectivity index (χ1n) is 12.7. The largest absolute Gasteiger partial charge is 0.422 e. The molecule has 2 fully saturated rings. The van der Waals surface area contributed by atoms with Gasteiger partial charge in [0.1, 0.15) is 17.2 Å². The van der Waals surface area contributed by atoms with Gasteiger partial charge in [-0.25, -0.2) is 8.78 Å². The first kappa shape index (κ1) is 28.2. The molecule has 0 unspecified atom stereocenters. The van der Waals surface area contributed by atoms with Crippen LogP contribution in [0.3, 0.4) is 0 Å². The van der Waals surface area contributed by atoms with E-state index in [4.69, 9.17) is 16.3 Å². The van der Waals surface area contributed by atoms with Crippen molar-refractivity contribution in [3.8, 4) is 5.69 Å². The lowest BCUT2D eigenvalue weighted by molar-refractivity contribution is -0.310. The first-order valence-corrected chi connectivity index (χ1v) is 13.1. The summed E-state index contributed by atoms with van der Waals surface area (Å²) < 4.78 is 118. The minimum absolute atomic E-state index is 0.0641. The van der Waals surface area contributed by atoms with Gasteiger partial charge >= 0.3 is 12.4 Å². The Morgan fingerprint density at radius 3 is 2.20 bits per heavy atom. The van der Waals surface area contributed by atoms with Crippen LogP contribution in [0.15, 0.2) is 30.3 Å². The molecule has 3 aliphatic rings. The highest BCUT2D eigenvalue weighted by molar-refractivity contribution is 6.30. The number of ether oxygens (including phenoxy) is 1. The monoisotopic (exact) mass is 607 g/mol. The zero-order valence-corrected chi connectivity index (χ0v) is 21.9. The van der Waals surface area contributed by atoms with Gasteiger partial charge in [0.15, 0.2) is 17.2 Å². The minimum Gasteiger partial charge on any atom is -0.377 e. The molecular formula is C26H22ClF8N5O. The second kappa shape index (κ2) is 9.80. The summed E-state index contributed by atoms with van der Waals surface area (Å²) in [6.45, 7) is -0.973. The molecule has 0 spiro atoms. The molecule has 220 valence electrons. The molecule has 3 aliphatic heterocycles. The predicted octanol–water partition coefficient (Wildman–Crippen LogP) is 6.25. The molecule has 0 bridgehead atoms. The molecule has 15 heteroatoms. The van der Waals surface area contributed by atoms with Gasteiger partial charge in [0, 0.05) is 30.6 Å². The van der Waals surface area contributed by atoms with Crippen LogP contribution >= 0.6 is 11.6 Å². The average Bonchev–Trinajstić information content (AvgIpc) is 3.18. The fourth-order valence-corrected chi connectivity index (χ4v) is 6.03. The Hall–Kier alpha value is -2.97. The molecule has 2 saturated heterocycles. The standard InChI is InChI=1S/C26H22ClF8N5O/c27-16-1-3-18-15(9-16)10-39(24(12-41-13-24)26(33,34)35)11-20-36-37-23(40(18)20)14-5-7-38(8-6-14)19-4-2-17(28)21(22(19)29)25(30,31)32/h1-4,9,14H,5-8,10-13H2. The molecule has 0 amide bonds. The number of halogens is 9. The lowest BCUT2D eigenvalue weighted by Gasteiger charge is -2.49. The minimum atomic E-state index is -5.19. The van der Waals surface area contributed by atoms with E-state index < -0.39 is 48.3 Å². The van der Waals surface area contributed by atoms with E-state index in [0.29, 0.717) is 46.8 Å². The van der Waals surface area contributed by atoms with E-state index in [9.17, 15) is 35.1 Å². The van der Waals surface area contributed by atoms with Crippen LogP contribution in [0.2, 0.25) is 5.02 Å². The van der Waals surface area contributed by atoms with Crippen LogP contribution in [-0.4, -0.2) is 57.7 Å². The van der Waals surface area contributed by atoms with Crippen LogP contribution in [0.5, 0.6) is 0 Å². The highest BCUT2D eigenvalue weighted by Gasteiger charge is 2.64. The number of anilines is 1. The molecule has 1 aromatic heterocycles. The van der Waals surface area contributed by atoms with Gasteiger partial charge in [-0.05, 0) is 48.7 Å². The topological polar surface area (TPSA) is 46.4 Å². The number of piperidine rings is 1. The van der Waals surface area contributed by atoms with Crippen LogP contribution in [0.4, 0.5) is 40.8 Å². The molecule has 0 atom stereocenters. The van der Waals surface area contributed by atoms with Crippen molar-refractivity contribution in [3.05, 3.63) is 69.8 Å². The predicted molar refractivity (Wildman–Crippen MR) is 131 cm³/mol. The van der Waals surface area contributed by atoms with Gasteiger partial charge in [-0.1, -0.05) is 11.6 Å². The fraction of sp³-hybridized carbons (Fsp3) is 0.462. The zero-order chi connectivity index (χ0) is 29.3. The number of fused-ring (bicyclic) bond motifs is 3. The molecule has 2 aromatic carbocycles. The van der Waals surface area contributed by atoms with E-state index in [-0.39, 0.29) is 37.8 Å². The molecule has 0 radical (unpaired) electrons. The molecule has 4 heterocycles. The molecular weight excluding hydrogens is 586 g/mol. The Morgan fingerprint density at radius 2 is 1.59 bits per heavy atom. The van der Waals surface area contributed by atoms with E-state index in [1.54, 1.807) is 22.8 Å². The third-order valence-corrected chi connectivity index (χ3v) is 8.34. The van der Waals surface area contributed by atoms with Gasteiger partial charge < -0.3 is 9.64 Å². The summed E-state index contributed by atoms with van der Waals surface area (Å²) in [7, 11) is 0. The van der Waals surface area contributed by atoms with Crippen LogP contribution in [-0.2, 0) is 24.0 Å². The zero-order valence-electron chi connectivity index (χ0n) is 21.2. The number of aromatic nitrogens is 3. The quantitative estimate of drug-likeness (QED) is 0.330. The Bertz CT molecular complexity index is 1480. The van der Waals surface area contributed by atoms with Crippen molar-refractivity contribution in [2.75, 3.05) is 31.2 Å². The van der Waals surface area contributed by atoms with Crippen LogP contribution < -0.4 is 4.90 Å². The van der Waals surface area contributed by atoms with Crippen LogP contribution in [0.1, 0.15) is 41.5 Å². The van der Waals surface area contributed by atoms with Crippen LogP contribution in [0.25, 0.3) is 5.69 Å². The van der Waals surface area contributed by atoms with E-state index in [1.165, 1.54) is 9.80 Å². The maximum absolute atomic E-state index is 14.8. The Kier molecular flexibility index (Phi) is 6.73.